The normalized spacial score (nSPS) is 15.8. The SMILES string of the molecule is C[C@H]1CC(=O)Nc2ccccc2N1C(=O)CN(C)C(=O)COc1ccc(Br)cc1. The third kappa shape index (κ3) is 5.14. The van der Waals surface area contributed by atoms with Gasteiger partial charge in [-0.05, 0) is 43.3 Å². The fraction of sp³-hybridized carbons (Fsp3) is 0.286. The highest BCUT2D eigenvalue weighted by atomic mass is 79.9. The van der Waals surface area contributed by atoms with Crippen molar-refractivity contribution in [1.29, 1.82) is 0 Å². The van der Waals surface area contributed by atoms with Crippen molar-refractivity contribution in [3.63, 3.8) is 0 Å². The molecule has 7 nitrogen and oxygen atoms in total. The lowest BCUT2D eigenvalue weighted by molar-refractivity contribution is -0.135. The average Bonchev–Trinajstić information content (AvgIpc) is 2.81. The van der Waals surface area contributed by atoms with E-state index in [-0.39, 0.29) is 43.3 Å². The largest absolute Gasteiger partial charge is 0.484 e. The summed E-state index contributed by atoms with van der Waals surface area (Å²) >= 11 is 3.34. The zero-order chi connectivity index (χ0) is 21.0. The van der Waals surface area contributed by atoms with E-state index in [9.17, 15) is 14.4 Å². The number of hydrogen-bond acceptors (Lipinski definition) is 4. The Morgan fingerprint density at radius 1 is 1.21 bits per heavy atom. The molecule has 0 bridgehead atoms. The lowest BCUT2D eigenvalue weighted by Gasteiger charge is -2.29. The smallest absolute Gasteiger partial charge is 0.260 e. The van der Waals surface area contributed by atoms with Crippen LogP contribution in [0.1, 0.15) is 13.3 Å². The van der Waals surface area contributed by atoms with Crippen LogP contribution in [0.2, 0.25) is 0 Å². The predicted octanol–water partition coefficient (Wildman–Crippen LogP) is 3.05. The van der Waals surface area contributed by atoms with Gasteiger partial charge in [0.1, 0.15) is 5.75 Å². The molecule has 0 saturated carbocycles. The van der Waals surface area contributed by atoms with Crippen molar-refractivity contribution >= 4 is 45.0 Å². The maximum atomic E-state index is 13.0. The van der Waals surface area contributed by atoms with Crippen molar-refractivity contribution in [1.82, 2.24) is 4.90 Å². The number of halogens is 1. The topological polar surface area (TPSA) is 79.0 Å². The van der Waals surface area contributed by atoms with Gasteiger partial charge in [0.15, 0.2) is 6.61 Å². The van der Waals surface area contributed by atoms with Crippen LogP contribution < -0.4 is 15.0 Å². The third-order valence-corrected chi connectivity index (χ3v) is 5.13. The van der Waals surface area contributed by atoms with Gasteiger partial charge in [0, 0.05) is 24.0 Å². The molecule has 1 N–H and O–H groups in total. The summed E-state index contributed by atoms with van der Waals surface area (Å²) in [6.07, 6.45) is 0.185. The fourth-order valence-corrected chi connectivity index (χ4v) is 3.39. The fourth-order valence-electron chi connectivity index (χ4n) is 3.12. The van der Waals surface area contributed by atoms with Gasteiger partial charge in [0.05, 0.1) is 17.9 Å². The molecule has 8 heteroatoms. The Kier molecular flexibility index (Phi) is 6.53. The van der Waals surface area contributed by atoms with Crippen LogP contribution in [-0.4, -0.2) is 48.9 Å². The molecule has 0 saturated heterocycles. The van der Waals surface area contributed by atoms with Crippen molar-refractivity contribution in [2.75, 3.05) is 30.4 Å². The number of carbonyl (C=O) groups is 3. The number of nitrogens with one attached hydrogen (secondary N) is 1. The van der Waals surface area contributed by atoms with Crippen molar-refractivity contribution in [2.24, 2.45) is 0 Å². The Hall–Kier alpha value is -2.87. The predicted molar refractivity (Wildman–Crippen MR) is 114 cm³/mol. The first kappa shape index (κ1) is 20.9. The number of para-hydroxylation sites is 2. The molecule has 2 aromatic carbocycles. The summed E-state index contributed by atoms with van der Waals surface area (Å²) in [7, 11) is 1.56. The van der Waals surface area contributed by atoms with Gasteiger partial charge >= 0.3 is 0 Å². The minimum Gasteiger partial charge on any atom is -0.484 e. The number of rotatable bonds is 5. The van der Waals surface area contributed by atoms with Gasteiger partial charge in [0.25, 0.3) is 5.91 Å². The minimum absolute atomic E-state index is 0.116. The van der Waals surface area contributed by atoms with Gasteiger partial charge in [-0.15, -0.1) is 0 Å². The van der Waals surface area contributed by atoms with Crippen LogP contribution in [0.5, 0.6) is 5.75 Å². The zero-order valence-corrected chi connectivity index (χ0v) is 17.8. The molecule has 0 unspecified atom stereocenters. The third-order valence-electron chi connectivity index (χ3n) is 4.60. The monoisotopic (exact) mass is 459 g/mol. The number of ether oxygens (including phenoxy) is 1. The maximum Gasteiger partial charge on any atom is 0.260 e. The summed E-state index contributed by atoms with van der Waals surface area (Å²) in [4.78, 5) is 40.4. The number of hydrogen-bond donors (Lipinski definition) is 1. The van der Waals surface area contributed by atoms with E-state index in [2.05, 4.69) is 21.2 Å². The Morgan fingerprint density at radius 3 is 2.62 bits per heavy atom. The Labute approximate surface area is 177 Å². The summed E-state index contributed by atoms with van der Waals surface area (Å²) in [6, 6.07) is 14.0. The van der Waals surface area contributed by atoms with Crippen LogP contribution in [0, 0.1) is 0 Å². The van der Waals surface area contributed by atoms with Gasteiger partial charge in [-0.1, -0.05) is 28.1 Å². The lowest BCUT2D eigenvalue weighted by atomic mass is 10.1. The maximum absolute atomic E-state index is 13.0. The van der Waals surface area contributed by atoms with Crippen LogP contribution in [0.3, 0.4) is 0 Å². The van der Waals surface area contributed by atoms with Crippen molar-refractivity contribution in [3.8, 4) is 5.75 Å². The number of fused-ring (bicyclic) bond motifs is 1. The molecular weight excluding hydrogens is 438 g/mol. The molecule has 0 radical (unpaired) electrons. The quantitative estimate of drug-likeness (QED) is 0.744. The number of amides is 3. The van der Waals surface area contributed by atoms with Crippen LogP contribution in [0.4, 0.5) is 11.4 Å². The summed E-state index contributed by atoms with van der Waals surface area (Å²) in [5, 5.41) is 2.82. The van der Waals surface area contributed by atoms with Gasteiger partial charge in [0.2, 0.25) is 11.8 Å². The first-order chi connectivity index (χ1) is 13.8. The Balaban J connectivity index is 1.65. The molecule has 0 aliphatic carbocycles. The second kappa shape index (κ2) is 9.09. The summed E-state index contributed by atoms with van der Waals surface area (Å²) in [5.41, 5.74) is 1.21. The van der Waals surface area contributed by atoms with E-state index < -0.39 is 0 Å². The van der Waals surface area contributed by atoms with E-state index in [1.54, 1.807) is 42.3 Å². The van der Waals surface area contributed by atoms with E-state index in [0.29, 0.717) is 17.1 Å². The van der Waals surface area contributed by atoms with Crippen LogP contribution in [-0.2, 0) is 14.4 Å². The molecule has 1 atom stereocenters. The molecule has 29 heavy (non-hydrogen) atoms. The highest BCUT2D eigenvalue weighted by Crippen LogP contribution is 2.31. The van der Waals surface area contributed by atoms with Gasteiger partial charge in [-0.2, -0.15) is 0 Å². The number of benzene rings is 2. The van der Waals surface area contributed by atoms with Gasteiger partial charge in [-0.3, -0.25) is 14.4 Å². The molecular formula is C21H22BrN3O4. The van der Waals surface area contributed by atoms with E-state index in [1.807, 2.05) is 25.1 Å². The summed E-state index contributed by atoms with van der Waals surface area (Å²) in [6.45, 7) is 1.53. The first-order valence-corrected chi connectivity index (χ1v) is 9.97. The van der Waals surface area contributed by atoms with Crippen LogP contribution >= 0.6 is 15.9 Å². The molecule has 152 valence electrons. The number of likely N-dealkylation sites (N-methyl/N-ethyl adjacent to an activating group) is 1. The van der Waals surface area contributed by atoms with Crippen molar-refractivity contribution in [3.05, 3.63) is 53.0 Å². The first-order valence-electron chi connectivity index (χ1n) is 9.18. The number of anilines is 2. The van der Waals surface area contributed by atoms with E-state index in [1.165, 1.54) is 4.90 Å². The van der Waals surface area contributed by atoms with E-state index in [0.717, 1.165) is 4.47 Å². The highest BCUT2D eigenvalue weighted by Gasteiger charge is 2.30. The van der Waals surface area contributed by atoms with Crippen LogP contribution in [0.15, 0.2) is 53.0 Å². The molecule has 0 fully saturated rings. The standard InChI is InChI=1S/C21H22BrN3O4/c1-14-11-19(26)23-17-5-3-4-6-18(17)25(14)20(27)12-24(2)21(28)13-29-16-9-7-15(22)8-10-16/h3-10,14H,11-13H2,1-2H3,(H,23,26)/t14-/m0/s1. The van der Waals surface area contributed by atoms with Gasteiger partial charge < -0.3 is 19.9 Å². The van der Waals surface area contributed by atoms with Crippen molar-refractivity contribution in [2.45, 2.75) is 19.4 Å². The zero-order valence-electron chi connectivity index (χ0n) is 16.2. The second-order valence-electron chi connectivity index (χ2n) is 6.87. The minimum atomic E-state index is -0.325. The van der Waals surface area contributed by atoms with Crippen molar-refractivity contribution < 1.29 is 19.1 Å². The molecule has 0 aromatic heterocycles. The molecule has 0 spiro atoms. The van der Waals surface area contributed by atoms with Gasteiger partial charge in [-0.25, -0.2) is 0 Å². The summed E-state index contributed by atoms with van der Waals surface area (Å²) in [5.74, 6) is -0.152. The second-order valence-corrected chi connectivity index (χ2v) is 7.79. The molecule has 1 aliphatic rings. The summed E-state index contributed by atoms with van der Waals surface area (Å²) < 4.78 is 6.41. The molecule has 1 aliphatic heterocycles. The molecule has 2 aromatic rings. The number of nitrogens with zero attached hydrogens (tertiary/aromatic N) is 2. The average molecular weight is 460 g/mol. The van der Waals surface area contributed by atoms with E-state index in [4.69, 9.17) is 4.74 Å². The highest BCUT2D eigenvalue weighted by molar-refractivity contribution is 9.10. The van der Waals surface area contributed by atoms with E-state index >= 15 is 0 Å². The molecule has 3 amide bonds. The lowest BCUT2D eigenvalue weighted by Crippen LogP contribution is -2.46. The molecule has 3 rings (SSSR count). The van der Waals surface area contributed by atoms with Crippen LogP contribution in [0.25, 0.3) is 0 Å². The molecule has 1 heterocycles. The Morgan fingerprint density at radius 2 is 1.90 bits per heavy atom. The Bertz CT molecular complexity index is 916. The number of carbonyl (C=O) groups excluding carboxylic acids is 3.